The van der Waals surface area contributed by atoms with Crippen molar-refractivity contribution in [3.05, 3.63) is 12.2 Å². The molecule has 2 heteroatoms. The van der Waals surface area contributed by atoms with Crippen molar-refractivity contribution in [2.75, 3.05) is 0 Å². The van der Waals surface area contributed by atoms with Crippen LogP contribution in [0.4, 0.5) is 0 Å². The van der Waals surface area contributed by atoms with Crippen molar-refractivity contribution in [2.24, 2.45) is 17.3 Å². The Labute approximate surface area is 73.3 Å². The quantitative estimate of drug-likeness (QED) is 0.610. The van der Waals surface area contributed by atoms with Gasteiger partial charge >= 0.3 is 5.97 Å². The highest BCUT2D eigenvalue weighted by atomic mass is 16.4. The summed E-state index contributed by atoms with van der Waals surface area (Å²) in [6, 6.07) is 0. The summed E-state index contributed by atoms with van der Waals surface area (Å²) in [5, 5.41) is 9.01. The van der Waals surface area contributed by atoms with Crippen molar-refractivity contribution in [2.45, 2.75) is 27.2 Å². The van der Waals surface area contributed by atoms with Gasteiger partial charge in [0, 0.05) is 0 Å². The molecule has 0 amide bonds. The predicted octanol–water partition coefficient (Wildman–Crippen LogP) is 2.31. The minimum absolute atomic E-state index is 0.0972. The Hall–Kier alpha value is -0.790. The van der Waals surface area contributed by atoms with Crippen LogP contribution in [0.15, 0.2) is 12.2 Å². The molecule has 0 aromatic rings. The van der Waals surface area contributed by atoms with Crippen LogP contribution in [0.1, 0.15) is 27.2 Å². The van der Waals surface area contributed by atoms with Gasteiger partial charge in [0.05, 0.1) is 5.92 Å². The van der Waals surface area contributed by atoms with Crippen LogP contribution in [-0.4, -0.2) is 11.1 Å². The molecular weight excluding hydrogens is 152 g/mol. The maximum atomic E-state index is 10.9. The van der Waals surface area contributed by atoms with E-state index in [4.69, 9.17) is 5.11 Å². The van der Waals surface area contributed by atoms with Crippen LogP contribution >= 0.6 is 0 Å². The SMILES string of the molecule is C[C@@H]1C=CCC(C)(C)[C@H]1C(=O)O. The van der Waals surface area contributed by atoms with Crippen LogP contribution in [0.3, 0.4) is 0 Å². The molecule has 0 radical (unpaired) electrons. The zero-order valence-electron chi connectivity index (χ0n) is 7.87. The smallest absolute Gasteiger partial charge is 0.307 e. The lowest BCUT2D eigenvalue weighted by molar-refractivity contribution is -0.147. The number of carboxylic acids is 1. The molecule has 1 aliphatic rings. The van der Waals surface area contributed by atoms with Crippen molar-refractivity contribution in [3.63, 3.8) is 0 Å². The van der Waals surface area contributed by atoms with E-state index in [2.05, 4.69) is 6.08 Å². The summed E-state index contributed by atoms with van der Waals surface area (Å²) in [5.74, 6) is -0.745. The third-order valence-corrected chi connectivity index (χ3v) is 2.72. The molecule has 1 aliphatic carbocycles. The Kier molecular flexibility index (Phi) is 2.27. The Morgan fingerprint density at radius 2 is 2.17 bits per heavy atom. The lowest BCUT2D eigenvalue weighted by Crippen LogP contribution is -2.37. The van der Waals surface area contributed by atoms with Gasteiger partial charge in [-0.25, -0.2) is 0 Å². The first-order valence-electron chi connectivity index (χ1n) is 4.34. The summed E-state index contributed by atoms with van der Waals surface area (Å²) in [6.45, 7) is 6.01. The summed E-state index contributed by atoms with van der Waals surface area (Å²) in [4.78, 5) is 10.9. The van der Waals surface area contributed by atoms with E-state index in [1.54, 1.807) is 0 Å². The maximum absolute atomic E-state index is 10.9. The third kappa shape index (κ3) is 1.52. The van der Waals surface area contributed by atoms with Crippen molar-refractivity contribution in [1.29, 1.82) is 0 Å². The molecule has 0 aromatic heterocycles. The number of hydrogen-bond donors (Lipinski definition) is 1. The van der Waals surface area contributed by atoms with Crippen LogP contribution in [0, 0.1) is 17.3 Å². The molecule has 0 unspecified atom stereocenters. The van der Waals surface area contributed by atoms with Gasteiger partial charge in [-0.3, -0.25) is 4.79 Å². The molecule has 0 saturated heterocycles. The van der Waals surface area contributed by atoms with Crippen LogP contribution in [0.25, 0.3) is 0 Å². The summed E-state index contributed by atoms with van der Waals surface area (Å²) < 4.78 is 0. The molecule has 0 aliphatic heterocycles. The van der Waals surface area contributed by atoms with E-state index in [1.165, 1.54) is 0 Å². The lowest BCUT2D eigenvalue weighted by atomic mass is 9.67. The van der Waals surface area contributed by atoms with Crippen LogP contribution < -0.4 is 0 Å². The molecule has 0 fully saturated rings. The second-order valence-corrected chi connectivity index (χ2v) is 4.30. The minimum atomic E-state index is -0.670. The highest BCUT2D eigenvalue weighted by Gasteiger charge is 2.39. The number of allylic oxidation sites excluding steroid dienone is 2. The number of rotatable bonds is 1. The summed E-state index contributed by atoms with van der Waals surface area (Å²) in [6.07, 6.45) is 4.96. The molecule has 0 bridgehead atoms. The van der Waals surface area contributed by atoms with Crippen molar-refractivity contribution in [3.8, 4) is 0 Å². The Morgan fingerprint density at radius 3 is 2.50 bits per heavy atom. The van der Waals surface area contributed by atoms with Gasteiger partial charge in [-0.2, -0.15) is 0 Å². The number of hydrogen-bond acceptors (Lipinski definition) is 1. The largest absolute Gasteiger partial charge is 0.481 e. The van der Waals surface area contributed by atoms with Gasteiger partial charge in [0.2, 0.25) is 0 Å². The molecule has 2 nitrogen and oxygen atoms in total. The molecule has 0 saturated carbocycles. The van der Waals surface area contributed by atoms with Crippen molar-refractivity contribution in [1.82, 2.24) is 0 Å². The first-order valence-corrected chi connectivity index (χ1v) is 4.34. The van der Waals surface area contributed by atoms with Crippen LogP contribution in [0.5, 0.6) is 0 Å². The third-order valence-electron chi connectivity index (χ3n) is 2.72. The van der Waals surface area contributed by atoms with Crippen LogP contribution in [0.2, 0.25) is 0 Å². The van der Waals surface area contributed by atoms with Crippen molar-refractivity contribution < 1.29 is 9.90 Å². The average Bonchev–Trinajstić information content (AvgIpc) is 1.82. The Morgan fingerprint density at radius 1 is 1.58 bits per heavy atom. The van der Waals surface area contributed by atoms with Gasteiger partial charge in [-0.1, -0.05) is 32.9 Å². The maximum Gasteiger partial charge on any atom is 0.307 e. The first-order chi connectivity index (χ1) is 5.45. The second-order valence-electron chi connectivity index (χ2n) is 4.30. The number of carbonyl (C=O) groups is 1. The molecule has 68 valence electrons. The number of carboxylic acid groups (broad SMARTS) is 1. The summed E-state index contributed by atoms with van der Waals surface area (Å²) in [7, 11) is 0. The predicted molar refractivity (Wildman–Crippen MR) is 47.8 cm³/mol. The molecular formula is C10H16O2. The highest BCUT2D eigenvalue weighted by Crippen LogP contribution is 2.40. The molecule has 0 heterocycles. The Balaban J connectivity index is 2.92. The minimum Gasteiger partial charge on any atom is -0.481 e. The highest BCUT2D eigenvalue weighted by molar-refractivity contribution is 5.72. The van der Waals surface area contributed by atoms with Gasteiger partial charge < -0.3 is 5.11 Å². The van der Waals surface area contributed by atoms with E-state index in [-0.39, 0.29) is 17.3 Å². The summed E-state index contributed by atoms with van der Waals surface area (Å²) in [5.41, 5.74) is -0.0972. The first kappa shape index (κ1) is 9.30. The topological polar surface area (TPSA) is 37.3 Å². The molecule has 1 rings (SSSR count). The van der Waals surface area contributed by atoms with E-state index in [9.17, 15) is 4.79 Å². The monoisotopic (exact) mass is 168 g/mol. The molecule has 0 aromatic carbocycles. The molecule has 12 heavy (non-hydrogen) atoms. The van der Waals surface area contributed by atoms with Gasteiger partial charge in [-0.05, 0) is 17.8 Å². The van der Waals surface area contributed by atoms with Gasteiger partial charge in [0.25, 0.3) is 0 Å². The normalized spacial score (nSPS) is 33.2. The number of aliphatic carboxylic acids is 1. The van der Waals surface area contributed by atoms with Gasteiger partial charge in [0.1, 0.15) is 0 Å². The van der Waals surface area contributed by atoms with Gasteiger partial charge in [-0.15, -0.1) is 0 Å². The Bertz CT molecular complexity index is 216. The van der Waals surface area contributed by atoms with E-state index >= 15 is 0 Å². The molecule has 2 atom stereocenters. The van der Waals surface area contributed by atoms with Crippen LogP contribution in [-0.2, 0) is 4.79 Å². The second kappa shape index (κ2) is 2.92. The van der Waals surface area contributed by atoms with E-state index < -0.39 is 5.97 Å². The lowest BCUT2D eigenvalue weighted by Gasteiger charge is -2.36. The van der Waals surface area contributed by atoms with E-state index in [0.717, 1.165) is 6.42 Å². The zero-order valence-corrected chi connectivity index (χ0v) is 7.87. The zero-order chi connectivity index (χ0) is 9.35. The molecule has 0 spiro atoms. The fourth-order valence-electron chi connectivity index (χ4n) is 2.10. The molecule has 1 N–H and O–H groups in total. The standard InChI is InChI=1S/C10H16O2/c1-7-5-4-6-10(2,3)8(7)9(11)12/h4-5,7-8H,6H2,1-3H3,(H,11,12)/t7-,8-/m1/s1. The average molecular weight is 168 g/mol. The fourth-order valence-corrected chi connectivity index (χ4v) is 2.10. The fraction of sp³-hybridized carbons (Fsp3) is 0.700. The van der Waals surface area contributed by atoms with Crippen molar-refractivity contribution >= 4 is 5.97 Å². The van der Waals surface area contributed by atoms with E-state index in [0.29, 0.717) is 0 Å². The van der Waals surface area contributed by atoms with E-state index in [1.807, 2.05) is 26.8 Å². The summed E-state index contributed by atoms with van der Waals surface area (Å²) >= 11 is 0. The van der Waals surface area contributed by atoms with Gasteiger partial charge in [0.15, 0.2) is 0 Å².